The van der Waals surface area contributed by atoms with Gasteiger partial charge in [-0.05, 0) is 24.6 Å². The summed E-state index contributed by atoms with van der Waals surface area (Å²) in [5.74, 6) is 0. The van der Waals surface area contributed by atoms with Crippen molar-refractivity contribution in [2.75, 3.05) is 6.61 Å². The molecule has 0 aliphatic carbocycles. The Morgan fingerprint density at radius 1 is 1.33 bits per heavy atom. The third-order valence-corrected chi connectivity index (χ3v) is 2.53. The Kier molecular flexibility index (Phi) is 3.85. The molecule has 100 valence electrons. The average molecular weight is 263 g/mol. The van der Waals surface area contributed by atoms with Gasteiger partial charge in [0.15, 0.2) is 0 Å². The number of aliphatic hydroxyl groups is 1. The average Bonchev–Trinajstić information content (AvgIpc) is 2.27. The van der Waals surface area contributed by atoms with Crippen LogP contribution in [-0.2, 0) is 11.7 Å². The fraction of sp³-hybridized carbons (Fsp3) is 0.364. The quantitative estimate of drug-likeness (QED) is 0.782. The summed E-state index contributed by atoms with van der Waals surface area (Å²) in [4.78, 5) is 10.6. The van der Waals surface area contributed by atoms with Gasteiger partial charge in [0, 0.05) is 0 Å². The maximum Gasteiger partial charge on any atom is 0.416 e. The van der Waals surface area contributed by atoms with E-state index in [1.807, 2.05) is 5.32 Å². The Balaban J connectivity index is 3.19. The lowest BCUT2D eigenvalue weighted by atomic mass is 9.91. The molecule has 1 amide bonds. The summed E-state index contributed by atoms with van der Waals surface area (Å²) in [6.07, 6.45) is -5.95. The molecule has 18 heavy (non-hydrogen) atoms. The Bertz CT molecular complexity index is 447. The molecule has 0 radical (unpaired) electrons. The molecule has 4 nitrogen and oxygen atoms in total. The number of benzene rings is 1. The van der Waals surface area contributed by atoms with Crippen LogP contribution in [0.3, 0.4) is 0 Å². The van der Waals surface area contributed by atoms with Gasteiger partial charge in [-0.25, -0.2) is 4.79 Å². The summed E-state index contributed by atoms with van der Waals surface area (Å²) in [5, 5.41) is 19.8. The molecule has 0 saturated carbocycles. The SMILES string of the molecule is CC(CO)(NC(=O)O)c1cccc(C(F)(F)F)c1. The summed E-state index contributed by atoms with van der Waals surface area (Å²) in [6, 6.07) is 4.17. The summed E-state index contributed by atoms with van der Waals surface area (Å²) >= 11 is 0. The highest BCUT2D eigenvalue weighted by Crippen LogP contribution is 2.32. The number of aliphatic hydroxyl groups excluding tert-OH is 1. The van der Waals surface area contributed by atoms with Crippen LogP contribution in [0.15, 0.2) is 24.3 Å². The first-order chi connectivity index (χ1) is 8.19. The monoisotopic (exact) mass is 263 g/mol. The molecular weight excluding hydrogens is 251 g/mol. The van der Waals surface area contributed by atoms with Crippen LogP contribution >= 0.6 is 0 Å². The zero-order chi connectivity index (χ0) is 14.0. The zero-order valence-electron chi connectivity index (χ0n) is 9.45. The lowest BCUT2D eigenvalue weighted by Gasteiger charge is -2.28. The smallest absolute Gasteiger partial charge is 0.416 e. The second-order valence-corrected chi connectivity index (χ2v) is 4.00. The molecule has 0 fully saturated rings. The Morgan fingerprint density at radius 3 is 2.33 bits per heavy atom. The first-order valence-electron chi connectivity index (χ1n) is 4.99. The number of halogens is 3. The molecule has 0 aromatic heterocycles. The second-order valence-electron chi connectivity index (χ2n) is 4.00. The fourth-order valence-corrected chi connectivity index (χ4v) is 1.48. The number of amides is 1. The normalized spacial score (nSPS) is 14.9. The van der Waals surface area contributed by atoms with Gasteiger partial charge in [0.2, 0.25) is 0 Å². The number of hydrogen-bond donors (Lipinski definition) is 3. The number of alkyl halides is 3. The van der Waals surface area contributed by atoms with Gasteiger partial charge in [-0.2, -0.15) is 13.2 Å². The van der Waals surface area contributed by atoms with Gasteiger partial charge in [0.25, 0.3) is 0 Å². The molecule has 7 heteroatoms. The van der Waals surface area contributed by atoms with Crippen LogP contribution in [0.1, 0.15) is 18.1 Å². The van der Waals surface area contributed by atoms with E-state index < -0.39 is 30.0 Å². The van der Waals surface area contributed by atoms with Crippen LogP contribution in [0.4, 0.5) is 18.0 Å². The van der Waals surface area contributed by atoms with E-state index in [-0.39, 0.29) is 5.56 Å². The van der Waals surface area contributed by atoms with Crippen molar-refractivity contribution in [2.24, 2.45) is 0 Å². The highest BCUT2D eigenvalue weighted by atomic mass is 19.4. The van der Waals surface area contributed by atoms with Crippen LogP contribution in [0.5, 0.6) is 0 Å². The van der Waals surface area contributed by atoms with Gasteiger partial charge in [-0.15, -0.1) is 0 Å². The summed E-state index contributed by atoms with van der Waals surface area (Å²) in [7, 11) is 0. The number of carboxylic acid groups (broad SMARTS) is 1. The van der Waals surface area contributed by atoms with Gasteiger partial charge in [0.05, 0.1) is 17.7 Å². The van der Waals surface area contributed by atoms with Crippen molar-refractivity contribution in [1.29, 1.82) is 0 Å². The molecule has 1 unspecified atom stereocenters. The summed E-state index contributed by atoms with van der Waals surface area (Å²) in [5.41, 5.74) is -2.33. The van der Waals surface area contributed by atoms with Crippen molar-refractivity contribution in [3.05, 3.63) is 35.4 Å². The van der Waals surface area contributed by atoms with Crippen molar-refractivity contribution in [3.63, 3.8) is 0 Å². The third kappa shape index (κ3) is 3.13. The van der Waals surface area contributed by atoms with Gasteiger partial charge in [0.1, 0.15) is 0 Å². The van der Waals surface area contributed by atoms with Crippen LogP contribution in [0.2, 0.25) is 0 Å². The fourth-order valence-electron chi connectivity index (χ4n) is 1.48. The number of rotatable bonds is 3. The van der Waals surface area contributed by atoms with Crippen molar-refractivity contribution < 1.29 is 28.2 Å². The molecule has 1 rings (SSSR count). The van der Waals surface area contributed by atoms with Crippen molar-refractivity contribution in [3.8, 4) is 0 Å². The zero-order valence-corrected chi connectivity index (χ0v) is 9.45. The van der Waals surface area contributed by atoms with Crippen LogP contribution in [-0.4, -0.2) is 22.9 Å². The number of carbonyl (C=O) groups is 1. The minimum atomic E-state index is -4.52. The van der Waals surface area contributed by atoms with E-state index in [2.05, 4.69) is 0 Å². The van der Waals surface area contributed by atoms with Gasteiger partial charge >= 0.3 is 12.3 Å². The van der Waals surface area contributed by atoms with Crippen molar-refractivity contribution in [2.45, 2.75) is 18.6 Å². The van der Waals surface area contributed by atoms with E-state index in [1.54, 1.807) is 0 Å². The molecule has 3 N–H and O–H groups in total. The second kappa shape index (κ2) is 4.85. The molecule has 1 aromatic rings. The molecule has 0 heterocycles. The van der Waals surface area contributed by atoms with Gasteiger partial charge in [-0.1, -0.05) is 12.1 Å². The largest absolute Gasteiger partial charge is 0.465 e. The standard InChI is InChI=1S/C11H12F3NO3/c1-10(6-16,15-9(17)18)7-3-2-4-8(5-7)11(12,13)14/h2-5,15-16H,6H2,1H3,(H,17,18). The lowest BCUT2D eigenvalue weighted by Crippen LogP contribution is -2.45. The minimum absolute atomic E-state index is 0.0437. The molecule has 0 saturated heterocycles. The van der Waals surface area contributed by atoms with Crippen LogP contribution < -0.4 is 5.32 Å². The maximum absolute atomic E-state index is 12.5. The summed E-state index contributed by atoms with van der Waals surface area (Å²) in [6.45, 7) is 0.650. The molecule has 1 atom stereocenters. The van der Waals surface area contributed by atoms with Crippen molar-refractivity contribution >= 4 is 6.09 Å². The van der Waals surface area contributed by atoms with E-state index in [0.717, 1.165) is 18.2 Å². The highest BCUT2D eigenvalue weighted by molar-refractivity contribution is 5.66. The van der Waals surface area contributed by atoms with E-state index >= 15 is 0 Å². The molecule has 1 aromatic carbocycles. The van der Waals surface area contributed by atoms with Gasteiger partial charge < -0.3 is 15.5 Å². The predicted octanol–water partition coefficient (Wildman–Crippen LogP) is 2.18. The maximum atomic E-state index is 12.5. The van der Waals surface area contributed by atoms with Gasteiger partial charge in [-0.3, -0.25) is 0 Å². The topological polar surface area (TPSA) is 69.6 Å². The first-order valence-corrected chi connectivity index (χ1v) is 4.99. The Hall–Kier alpha value is -1.76. The lowest BCUT2D eigenvalue weighted by molar-refractivity contribution is -0.137. The van der Waals surface area contributed by atoms with E-state index in [1.165, 1.54) is 13.0 Å². The van der Waals surface area contributed by atoms with E-state index in [9.17, 15) is 23.1 Å². The van der Waals surface area contributed by atoms with Crippen molar-refractivity contribution in [1.82, 2.24) is 5.32 Å². The third-order valence-electron chi connectivity index (χ3n) is 2.53. The van der Waals surface area contributed by atoms with E-state index in [0.29, 0.717) is 0 Å². The highest BCUT2D eigenvalue weighted by Gasteiger charge is 2.34. The molecular formula is C11H12F3NO3. The Labute approximate surface area is 101 Å². The predicted molar refractivity (Wildman–Crippen MR) is 57.0 cm³/mol. The van der Waals surface area contributed by atoms with E-state index in [4.69, 9.17) is 5.11 Å². The number of hydrogen-bond acceptors (Lipinski definition) is 2. The molecule has 0 aliphatic rings. The molecule has 0 bridgehead atoms. The molecule has 0 aliphatic heterocycles. The first kappa shape index (κ1) is 14.3. The summed E-state index contributed by atoms with van der Waals surface area (Å²) < 4.78 is 37.6. The van der Waals surface area contributed by atoms with Crippen LogP contribution in [0.25, 0.3) is 0 Å². The number of nitrogens with one attached hydrogen (secondary N) is 1. The van der Waals surface area contributed by atoms with Crippen LogP contribution in [0, 0.1) is 0 Å². The Morgan fingerprint density at radius 2 is 1.89 bits per heavy atom. The minimum Gasteiger partial charge on any atom is -0.465 e. The molecule has 0 spiro atoms.